The second-order valence-electron chi connectivity index (χ2n) is 7.60. The molecule has 5 heteroatoms. The van der Waals surface area contributed by atoms with E-state index in [4.69, 9.17) is 2.51 Å². The number of hydrogen-bond donors (Lipinski definition) is 0. The van der Waals surface area contributed by atoms with Gasteiger partial charge in [-0.05, 0) is 0 Å². The van der Waals surface area contributed by atoms with Gasteiger partial charge in [0.05, 0.1) is 0 Å². The van der Waals surface area contributed by atoms with E-state index in [0.29, 0.717) is 5.92 Å². The first-order chi connectivity index (χ1) is 13.7. The molecule has 0 fully saturated rings. The first kappa shape index (κ1) is 22.0. The Kier molecular flexibility index (Phi) is 7.14. The van der Waals surface area contributed by atoms with Crippen molar-refractivity contribution in [3.05, 3.63) is 96.6 Å². The third-order valence-electron chi connectivity index (χ3n) is 4.39. The average molecular weight is 522 g/mol. The molecule has 0 aliphatic rings. The summed E-state index contributed by atoms with van der Waals surface area (Å²) in [7, 11) is -3.84. The van der Waals surface area contributed by atoms with Gasteiger partial charge in [-0.15, -0.1) is 0 Å². The molecule has 0 aliphatic heterocycles. The van der Waals surface area contributed by atoms with Crippen LogP contribution in [0.1, 0.15) is 30.5 Å². The number of hydrogen-bond acceptors (Lipinski definition) is 3. The maximum absolute atomic E-state index is 13.0. The predicted molar refractivity (Wildman–Crippen MR) is 127 cm³/mol. The minimum atomic E-state index is -3.84. The zero-order valence-electron chi connectivity index (χ0n) is 17.2. The van der Waals surface area contributed by atoms with E-state index in [9.17, 15) is 8.42 Å². The third-order valence-corrected chi connectivity index (χ3v) is 11.7. The van der Waals surface area contributed by atoms with E-state index in [2.05, 4.69) is 26.0 Å². The monoisotopic (exact) mass is 522 g/mol. The van der Waals surface area contributed by atoms with Crippen LogP contribution >= 0.6 is 20.2 Å². The van der Waals surface area contributed by atoms with Gasteiger partial charge in [0, 0.05) is 0 Å². The Morgan fingerprint density at radius 3 is 2.07 bits per heavy atom. The Bertz CT molecular complexity index is 1060. The number of rotatable bonds is 7. The van der Waals surface area contributed by atoms with Crippen molar-refractivity contribution in [2.45, 2.75) is 39.0 Å². The molecule has 3 aromatic carbocycles. The molecule has 0 saturated carbocycles. The van der Waals surface area contributed by atoms with Gasteiger partial charge in [0.2, 0.25) is 0 Å². The number of benzene rings is 3. The molecule has 0 aromatic heterocycles. The van der Waals surface area contributed by atoms with Crippen LogP contribution < -0.4 is 0 Å². The van der Waals surface area contributed by atoms with Crippen LogP contribution in [0.2, 0.25) is 0 Å². The summed E-state index contributed by atoms with van der Waals surface area (Å²) >= 11 is -2.65. The van der Waals surface area contributed by atoms with E-state index in [1.807, 2.05) is 50.2 Å². The summed E-state index contributed by atoms with van der Waals surface area (Å²) in [6, 6.07) is 23.1. The molecule has 0 atom stereocenters. The molecule has 3 aromatic rings. The van der Waals surface area contributed by atoms with E-state index in [-0.39, 0.29) is 4.90 Å². The van der Waals surface area contributed by atoms with Crippen LogP contribution in [-0.2, 0) is 19.1 Å². The molecule has 0 bridgehead atoms. The maximum atomic E-state index is 13.0. The second-order valence-corrected chi connectivity index (χ2v) is 14.1. The van der Waals surface area contributed by atoms with Gasteiger partial charge in [-0.25, -0.2) is 0 Å². The van der Waals surface area contributed by atoms with Crippen LogP contribution in [0.15, 0.2) is 77.7 Å². The van der Waals surface area contributed by atoms with Gasteiger partial charge in [0.25, 0.3) is 0 Å². The average Bonchev–Trinajstić information content (AvgIpc) is 2.67. The molecule has 0 amide bonds. The molecule has 0 spiro atoms. The van der Waals surface area contributed by atoms with Gasteiger partial charge >= 0.3 is 183 Å². The summed E-state index contributed by atoms with van der Waals surface area (Å²) in [6.07, 6.45) is 1.00. The fraction of sp³-hybridized carbons (Fsp3) is 0.250. The Hall–Kier alpha value is -1.70. The molecule has 0 saturated heterocycles. The molecule has 0 radical (unpaired) electrons. The van der Waals surface area contributed by atoms with Crippen molar-refractivity contribution in [3.63, 3.8) is 0 Å². The molecular formula is C24H27IO3S. The quantitative estimate of drug-likeness (QED) is 0.339. The molecule has 3 rings (SSSR count). The van der Waals surface area contributed by atoms with E-state index in [1.165, 1.54) is 5.56 Å². The van der Waals surface area contributed by atoms with Crippen LogP contribution in [0.5, 0.6) is 0 Å². The van der Waals surface area contributed by atoms with Crippen LogP contribution in [0.25, 0.3) is 0 Å². The molecule has 0 N–H and O–H groups in total. The third kappa shape index (κ3) is 5.90. The van der Waals surface area contributed by atoms with Crippen molar-refractivity contribution < 1.29 is 10.9 Å². The number of aryl methyl sites for hydroxylation is 2. The van der Waals surface area contributed by atoms with Crippen molar-refractivity contribution in [1.82, 2.24) is 0 Å². The van der Waals surface area contributed by atoms with E-state index in [1.54, 1.807) is 24.3 Å². The van der Waals surface area contributed by atoms with Crippen LogP contribution in [0, 0.1) is 26.9 Å². The fourth-order valence-corrected chi connectivity index (χ4v) is 10.1. The summed E-state index contributed by atoms with van der Waals surface area (Å²) in [5, 5.41) is 0. The number of halogens is 1. The van der Waals surface area contributed by atoms with E-state index in [0.717, 1.165) is 24.7 Å². The zero-order valence-corrected chi connectivity index (χ0v) is 20.2. The van der Waals surface area contributed by atoms with Crippen molar-refractivity contribution in [2.24, 2.45) is 5.92 Å². The van der Waals surface area contributed by atoms with Crippen molar-refractivity contribution >= 4 is 30.4 Å². The topological polar surface area (TPSA) is 43.4 Å². The molecular weight excluding hydrogens is 495 g/mol. The predicted octanol–water partition coefficient (Wildman–Crippen LogP) is 6.37. The zero-order chi connectivity index (χ0) is 21.0. The summed E-state index contributed by atoms with van der Waals surface area (Å²) < 4.78 is 33.9. The Balaban J connectivity index is 1.98. The van der Waals surface area contributed by atoms with Crippen molar-refractivity contribution in [3.8, 4) is 0 Å². The van der Waals surface area contributed by atoms with Gasteiger partial charge in [-0.3, -0.25) is 0 Å². The van der Waals surface area contributed by atoms with Crippen molar-refractivity contribution in [2.75, 3.05) is 0 Å². The van der Waals surface area contributed by atoms with Crippen LogP contribution in [0.3, 0.4) is 0 Å². The Morgan fingerprint density at radius 1 is 0.828 bits per heavy atom. The summed E-state index contributed by atoms with van der Waals surface area (Å²) in [5.41, 5.74) is 3.36. The molecule has 154 valence electrons. The van der Waals surface area contributed by atoms with E-state index >= 15 is 0 Å². The normalized spacial score (nSPS) is 12.2. The molecule has 29 heavy (non-hydrogen) atoms. The van der Waals surface area contributed by atoms with E-state index < -0.39 is 30.4 Å². The van der Waals surface area contributed by atoms with Gasteiger partial charge in [-0.1, -0.05) is 0 Å². The fourth-order valence-electron chi connectivity index (χ4n) is 2.94. The summed E-state index contributed by atoms with van der Waals surface area (Å²) in [6.45, 7) is 8.33. The van der Waals surface area contributed by atoms with Crippen LogP contribution in [-0.4, -0.2) is 8.42 Å². The first-order valence-corrected chi connectivity index (χ1v) is 14.1. The summed E-state index contributed by atoms with van der Waals surface area (Å²) in [4.78, 5) is 0.203. The Labute approximate surface area is 182 Å². The molecule has 0 unspecified atom stereocenters. The molecule has 3 nitrogen and oxygen atoms in total. The van der Waals surface area contributed by atoms with Gasteiger partial charge in [-0.2, -0.15) is 0 Å². The van der Waals surface area contributed by atoms with Crippen molar-refractivity contribution in [1.29, 1.82) is 0 Å². The second kappa shape index (κ2) is 9.41. The van der Waals surface area contributed by atoms with Gasteiger partial charge < -0.3 is 0 Å². The summed E-state index contributed by atoms with van der Waals surface area (Å²) in [5.74, 6) is 0.574. The van der Waals surface area contributed by atoms with Gasteiger partial charge in [0.1, 0.15) is 0 Å². The minimum absolute atomic E-state index is 0.203. The van der Waals surface area contributed by atoms with Crippen LogP contribution in [0.4, 0.5) is 0 Å². The van der Waals surface area contributed by atoms with Gasteiger partial charge in [0.15, 0.2) is 0 Å². The molecule has 0 heterocycles. The Morgan fingerprint density at radius 2 is 1.48 bits per heavy atom. The first-order valence-electron chi connectivity index (χ1n) is 9.62. The SMILES string of the molecule is Cc1ccc(S(=O)(=O)OI(c2ccc(CC(C)C)cc2)c2cccc(C)c2)cc1. The standard InChI is InChI=1S/C24H27IO3S/c1-18(2)16-21-10-12-22(13-11-21)25(23-7-5-6-20(4)17-23)28-29(26,27)24-14-8-19(3)9-15-24/h5-15,17-18H,16H2,1-4H3. The molecule has 0 aliphatic carbocycles.